The molecule has 0 spiro atoms. The van der Waals surface area contributed by atoms with Crippen molar-refractivity contribution >= 4 is 0 Å². The van der Waals surface area contributed by atoms with Crippen LogP contribution in [0.5, 0.6) is 0 Å². The number of allylic oxidation sites excluding steroid dienone is 2. The van der Waals surface area contributed by atoms with Gasteiger partial charge in [0, 0.05) is 0 Å². The van der Waals surface area contributed by atoms with E-state index in [4.69, 9.17) is 0 Å². The van der Waals surface area contributed by atoms with Crippen molar-refractivity contribution in [2.45, 2.75) is 298 Å². The van der Waals surface area contributed by atoms with E-state index in [9.17, 15) is 0 Å². The lowest BCUT2D eigenvalue weighted by molar-refractivity contribution is 0.00939. The summed E-state index contributed by atoms with van der Waals surface area (Å²) in [6.07, 6.45) is 46.1. The van der Waals surface area contributed by atoms with Crippen LogP contribution in [0.2, 0.25) is 0 Å². The van der Waals surface area contributed by atoms with Crippen LogP contribution in [0.3, 0.4) is 0 Å². The van der Waals surface area contributed by atoms with E-state index in [0.29, 0.717) is 32.5 Å². The molecule has 71 heavy (non-hydrogen) atoms. The lowest BCUT2D eigenvalue weighted by atomic mass is 9.56. The first kappa shape index (κ1) is 58.4. The van der Waals surface area contributed by atoms with E-state index < -0.39 is 0 Å². The van der Waals surface area contributed by atoms with Gasteiger partial charge >= 0.3 is 0 Å². The molecule has 12 fully saturated rings. The van der Waals surface area contributed by atoms with E-state index in [1.165, 1.54) is 154 Å². The molecule has 12 bridgehead atoms. The van der Waals surface area contributed by atoms with Crippen LogP contribution in [0.1, 0.15) is 298 Å². The molecule has 0 aliphatic heterocycles. The molecule has 0 heterocycles. The number of fused-ring (bicyclic) bond motifs is 13. The third kappa shape index (κ3) is 15.7. The Kier molecular flexibility index (Phi) is 19.2. The predicted octanol–water partition coefficient (Wildman–Crippen LogP) is 22.5. The van der Waals surface area contributed by atoms with Gasteiger partial charge in [0.05, 0.1) is 0 Å². The maximum Gasteiger partial charge on any atom is -0.0194 e. The largest absolute Gasteiger partial charge is 0.0851 e. The fourth-order valence-corrected chi connectivity index (χ4v) is 20.4. The molecule has 0 aromatic heterocycles. The smallest absolute Gasteiger partial charge is 0.0194 e. The van der Waals surface area contributed by atoms with Crippen LogP contribution in [0.25, 0.3) is 0 Å². The highest BCUT2D eigenvalue weighted by atomic mass is 14.5. The first-order chi connectivity index (χ1) is 32.9. The topological polar surface area (TPSA) is 0 Å². The van der Waals surface area contributed by atoms with Crippen LogP contribution < -0.4 is 0 Å². The predicted molar refractivity (Wildman–Crippen MR) is 313 cm³/mol. The summed E-state index contributed by atoms with van der Waals surface area (Å²) >= 11 is 0. The lowest BCUT2D eigenvalue weighted by Crippen LogP contribution is -2.40. The Labute approximate surface area is 447 Å². The fourth-order valence-electron chi connectivity index (χ4n) is 20.4. The molecule has 13 rings (SSSR count). The molecule has 0 saturated heterocycles. The van der Waals surface area contributed by atoms with Crippen molar-refractivity contribution in [3.05, 3.63) is 12.2 Å². The molecule has 0 radical (unpaired) electrons. The van der Waals surface area contributed by atoms with Gasteiger partial charge in [-0.25, -0.2) is 0 Å². The Balaban J connectivity index is 0.000000125. The van der Waals surface area contributed by atoms with Gasteiger partial charge in [0.15, 0.2) is 0 Å². The second-order valence-electron chi connectivity index (χ2n) is 35.2. The van der Waals surface area contributed by atoms with Crippen LogP contribution in [0, 0.1) is 139 Å². The highest BCUT2D eigenvalue weighted by molar-refractivity contribution is 5.12. The van der Waals surface area contributed by atoms with Gasteiger partial charge in [0.1, 0.15) is 0 Å². The summed E-state index contributed by atoms with van der Waals surface area (Å²) in [6, 6.07) is 0. The van der Waals surface area contributed by atoms with Gasteiger partial charge in [0.25, 0.3) is 0 Å². The van der Waals surface area contributed by atoms with E-state index in [1.54, 1.807) is 19.3 Å². The highest BCUT2D eigenvalue weighted by Crippen LogP contribution is 2.57. The summed E-state index contributed by atoms with van der Waals surface area (Å²) < 4.78 is 0. The van der Waals surface area contributed by atoms with Gasteiger partial charge in [-0.2, -0.15) is 0 Å². The standard InChI is InChI=1S/C13H24.3C12H22.C11H20.C11H18/c1-13(2,3)12-10-6-4-7-11(12)9-5-8-10;1-12(2,3)11-7-5-9-4-6-10(11)8-9;1-12(2,3)11-8-9-4-6-10(11)7-5-9;1-12(2,3)11-7-9-4-5-10(6-9)8-11;2*1-11(2,3)10-7-8-4-5-9(10)6-8/h10-12H,4-9H2,1-3H3;3*9-11H,4-8H2,1-3H3;8-10H,4-7H2,1-3H3;4-5,8-10H,6-7H2,1-3H3. The minimum Gasteiger partial charge on any atom is -0.0851 e. The van der Waals surface area contributed by atoms with Gasteiger partial charge in [-0.3, -0.25) is 0 Å². The molecular weight excluding hydrogens is 853 g/mol. The van der Waals surface area contributed by atoms with Crippen molar-refractivity contribution < 1.29 is 0 Å². The molecule has 12 atom stereocenters. The van der Waals surface area contributed by atoms with E-state index in [-0.39, 0.29) is 0 Å². The number of hydrogen-bond donors (Lipinski definition) is 0. The van der Waals surface area contributed by atoms with Gasteiger partial charge < -0.3 is 0 Å². The summed E-state index contributed by atoms with van der Waals surface area (Å²) in [6.45, 7) is 43.6. The Morgan fingerprint density at radius 3 is 0.986 bits per heavy atom. The number of rotatable bonds is 0. The molecule has 0 nitrogen and oxygen atoms in total. The summed E-state index contributed by atoms with van der Waals surface area (Å²) in [7, 11) is 0. The SMILES string of the molecule is CC(C)(C)C1C2CCCC1CCC2.CC(C)(C)C1CC2C=CC1C2.CC(C)(C)C1CC2CCC(C2)C1.CC(C)(C)C1CC2CCC1C2.CC(C)(C)C1CC2CCC1CC2.CC(C)(C)C1CCC2CCC1C2. The summed E-state index contributed by atoms with van der Waals surface area (Å²) in [5, 5.41) is 0. The first-order valence-electron chi connectivity index (χ1n) is 32.6. The third-order valence-corrected chi connectivity index (χ3v) is 24.0. The molecule has 13 aliphatic rings. The molecule has 0 aromatic rings. The maximum atomic E-state index is 2.45. The Morgan fingerprint density at radius 1 is 0.254 bits per heavy atom. The van der Waals surface area contributed by atoms with Gasteiger partial charge in [-0.1, -0.05) is 220 Å². The maximum absolute atomic E-state index is 2.45. The quantitative estimate of drug-likeness (QED) is 0.212. The van der Waals surface area contributed by atoms with Crippen molar-refractivity contribution in [1.82, 2.24) is 0 Å². The minimum atomic E-state index is 0.532. The summed E-state index contributed by atoms with van der Waals surface area (Å²) in [5.74, 6) is 18.9. The van der Waals surface area contributed by atoms with Crippen molar-refractivity contribution in [3.8, 4) is 0 Å². The van der Waals surface area contributed by atoms with Crippen molar-refractivity contribution in [3.63, 3.8) is 0 Å². The second-order valence-corrected chi connectivity index (χ2v) is 35.2. The molecule has 0 heteroatoms. The summed E-state index contributed by atoms with van der Waals surface area (Å²) in [4.78, 5) is 0. The average Bonchev–Trinajstić information content (AvgIpc) is 4.17. The van der Waals surface area contributed by atoms with Crippen molar-refractivity contribution in [2.24, 2.45) is 139 Å². The van der Waals surface area contributed by atoms with Gasteiger partial charge in [0.2, 0.25) is 0 Å². The van der Waals surface area contributed by atoms with Crippen LogP contribution in [0.4, 0.5) is 0 Å². The van der Waals surface area contributed by atoms with Crippen LogP contribution in [-0.4, -0.2) is 0 Å². The molecule has 412 valence electrons. The van der Waals surface area contributed by atoms with E-state index >= 15 is 0 Å². The van der Waals surface area contributed by atoms with E-state index in [0.717, 1.165) is 107 Å². The van der Waals surface area contributed by atoms with Crippen LogP contribution in [0.15, 0.2) is 12.2 Å². The molecule has 0 N–H and O–H groups in total. The Bertz CT molecular complexity index is 1560. The monoisotopic (exact) mass is 981 g/mol. The molecule has 13 aliphatic carbocycles. The molecule has 12 unspecified atom stereocenters. The van der Waals surface area contributed by atoms with Gasteiger partial charge in [-0.15, -0.1) is 0 Å². The van der Waals surface area contributed by atoms with Crippen LogP contribution >= 0.6 is 0 Å². The second kappa shape index (κ2) is 23.4. The zero-order valence-corrected chi connectivity index (χ0v) is 51.6. The van der Waals surface area contributed by atoms with Crippen molar-refractivity contribution in [1.29, 1.82) is 0 Å². The third-order valence-electron chi connectivity index (χ3n) is 24.0. The number of hydrogen-bond acceptors (Lipinski definition) is 0. The Hall–Kier alpha value is -0.260. The molecular formula is C71H128. The van der Waals surface area contributed by atoms with E-state index in [1.807, 2.05) is 0 Å². The highest BCUT2D eigenvalue weighted by Gasteiger charge is 2.46. The van der Waals surface area contributed by atoms with Gasteiger partial charge in [-0.05, 0) is 229 Å². The summed E-state index contributed by atoms with van der Waals surface area (Å²) in [5.41, 5.74) is 3.39. The molecule has 0 amide bonds. The van der Waals surface area contributed by atoms with Crippen LogP contribution in [-0.2, 0) is 0 Å². The molecule has 0 aromatic carbocycles. The lowest BCUT2D eigenvalue weighted by Gasteiger charge is -2.49. The first-order valence-corrected chi connectivity index (χ1v) is 32.6. The minimum absolute atomic E-state index is 0.532. The Morgan fingerprint density at radius 2 is 0.648 bits per heavy atom. The zero-order valence-electron chi connectivity index (χ0n) is 51.6. The molecule has 12 saturated carbocycles. The van der Waals surface area contributed by atoms with Crippen molar-refractivity contribution in [2.75, 3.05) is 0 Å². The average molecular weight is 982 g/mol. The normalized spacial score (nSPS) is 41.8. The van der Waals surface area contributed by atoms with E-state index in [2.05, 4.69) is 137 Å². The zero-order chi connectivity index (χ0) is 51.9. The fraction of sp³-hybridized carbons (Fsp3) is 0.972.